The van der Waals surface area contributed by atoms with E-state index in [1.165, 1.54) is 55.7 Å². The molecule has 0 spiro atoms. The van der Waals surface area contributed by atoms with E-state index in [-0.39, 0.29) is 0 Å². The lowest BCUT2D eigenvalue weighted by molar-refractivity contribution is 0.739. The molecule has 0 heterocycles. The highest BCUT2D eigenvalue weighted by Crippen LogP contribution is 2.60. The summed E-state index contributed by atoms with van der Waals surface area (Å²) >= 11 is 0. The molecule has 3 aliphatic carbocycles. The lowest BCUT2D eigenvalue weighted by Crippen LogP contribution is -2.16. The van der Waals surface area contributed by atoms with E-state index in [0.29, 0.717) is 11.8 Å². The van der Waals surface area contributed by atoms with Crippen LogP contribution in [0.5, 0.6) is 0 Å². The Morgan fingerprint density at radius 3 is 1.81 bits per heavy atom. The summed E-state index contributed by atoms with van der Waals surface area (Å²) in [6, 6.07) is 35.3. The third kappa shape index (κ3) is 2.44. The number of allylic oxidation sites excluding steroid dienone is 5. The topological polar surface area (TPSA) is 0 Å². The normalized spacial score (nSPS) is 19.5. The fraction of sp³-hybridized carbons (Fsp3) is 0.0625. The molecule has 2 unspecified atom stereocenters. The van der Waals surface area contributed by atoms with Crippen molar-refractivity contribution in [1.29, 1.82) is 0 Å². The Balaban J connectivity index is 1.59. The Labute approximate surface area is 188 Å². The third-order valence-corrected chi connectivity index (χ3v) is 7.24. The second-order valence-corrected chi connectivity index (χ2v) is 8.88. The minimum Gasteiger partial charge on any atom is -0.0760 e. The second kappa shape index (κ2) is 6.80. The summed E-state index contributed by atoms with van der Waals surface area (Å²) < 4.78 is 0. The number of rotatable bonds is 2. The Morgan fingerprint density at radius 1 is 0.531 bits per heavy atom. The molecule has 0 saturated carbocycles. The monoisotopic (exact) mass is 406 g/mol. The molecule has 0 nitrogen and oxygen atoms in total. The van der Waals surface area contributed by atoms with Crippen molar-refractivity contribution in [3.05, 3.63) is 138 Å². The highest BCUT2D eigenvalue weighted by molar-refractivity contribution is 6.10. The largest absolute Gasteiger partial charge is 0.0760 e. The van der Waals surface area contributed by atoms with Crippen LogP contribution in [0.1, 0.15) is 28.2 Å². The van der Waals surface area contributed by atoms with Gasteiger partial charge < -0.3 is 0 Å². The number of hydrogen-bond acceptors (Lipinski definition) is 0. The zero-order valence-electron chi connectivity index (χ0n) is 17.7. The number of fused-ring (bicyclic) bond motifs is 5. The molecule has 7 rings (SSSR count). The van der Waals surface area contributed by atoms with Crippen LogP contribution in [0.4, 0.5) is 0 Å². The van der Waals surface area contributed by atoms with E-state index in [9.17, 15) is 0 Å². The molecule has 4 aromatic rings. The molecule has 0 aliphatic heterocycles. The predicted molar refractivity (Wildman–Crippen MR) is 135 cm³/mol. The molecule has 0 saturated heterocycles. The van der Waals surface area contributed by atoms with Crippen molar-refractivity contribution < 1.29 is 0 Å². The summed E-state index contributed by atoms with van der Waals surface area (Å²) in [5.74, 6) is 0.781. The molecule has 0 aromatic heterocycles. The summed E-state index contributed by atoms with van der Waals surface area (Å²) in [7, 11) is 0. The van der Waals surface area contributed by atoms with Gasteiger partial charge in [0.2, 0.25) is 0 Å². The first kappa shape index (κ1) is 17.7. The highest BCUT2D eigenvalue weighted by atomic mass is 14.5. The van der Waals surface area contributed by atoms with Crippen LogP contribution in [-0.4, -0.2) is 0 Å². The van der Waals surface area contributed by atoms with E-state index in [1.54, 1.807) is 0 Å². The summed E-state index contributed by atoms with van der Waals surface area (Å²) in [6.07, 6.45) is 9.48. The van der Waals surface area contributed by atoms with Crippen LogP contribution >= 0.6 is 0 Å². The van der Waals surface area contributed by atoms with Crippen molar-refractivity contribution in [1.82, 2.24) is 0 Å². The van der Waals surface area contributed by atoms with Gasteiger partial charge in [-0.3, -0.25) is 0 Å². The Morgan fingerprint density at radius 2 is 1.12 bits per heavy atom. The van der Waals surface area contributed by atoms with Crippen LogP contribution in [0.3, 0.4) is 0 Å². The van der Waals surface area contributed by atoms with Crippen LogP contribution in [-0.2, 0) is 0 Å². The molecule has 0 amide bonds. The van der Waals surface area contributed by atoms with Crippen LogP contribution in [0.25, 0.3) is 39.5 Å². The van der Waals surface area contributed by atoms with E-state index < -0.39 is 0 Å². The molecule has 0 bridgehead atoms. The predicted octanol–water partition coefficient (Wildman–Crippen LogP) is 8.24. The Hall–Kier alpha value is -3.90. The van der Waals surface area contributed by atoms with Crippen LogP contribution in [0.15, 0.2) is 115 Å². The Kier molecular flexibility index (Phi) is 3.77. The fourth-order valence-electron chi connectivity index (χ4n) is 5.92. The lowest BCUT2D eigenvalue weighted by Gasteiger charge is -2.31. The molecule has 0 heteroatoms. The molecule has 3 aliphatic rings. The van der Waals surface area contributed by atoms with Crippen molar-refractivity contribution in [2.45, 2.75) is 5.92 Å². The van der Waals surface area contributed by atoms with E-state index in [4.69, 9.17) is 0 Å². The van der Waals surface area contributed by atoms with Gasteiger partial charge in [0.25, 0.3) is 0 Å². The zero-order valence-corrected chi connectivity index (χ0v) is 17.7. The van der Waals surface area contributed by atoms with Gasteiger partial charge >= 0.3 is 0 Å². The van der Waals surface area contributed by atoms with Crippen LogP contribution in [0.2, 0.25) is 0 Å². The van der Waals surface area contributed by atoms with Crippen molar-refractivity contribution in [3.63, 3.8) is 0 Å². The van der Waals surface area contributed by atoms with E-state index in [0.717, 1.165) is 0 Å². The second-order valence-electron chi connectivity index (χ2n) is 8.88. The van der Waals surface area contributed by atoms with Crippen LogP contribution < -0.4 is 0 Å². The number of hydrogen-bond donors (Lipinski definition) is 0. The average Bonchev–Trinajstić information content (AvgIpc) is 3.20. The van der Waals surface area contributed by atoms with E-state index in [2.05, 4.69) is 121 Å². The Bertz CT molecular complexity index is 1450. The SMILES string of the molecule is C1=CC2c3ccccc3C=C3c4c(-c5ccccc5)ccc(-c5ccccc5)c4C(=C1)C32. The molecule has 0 fully saturated rings. The maximum atomic E-state index is 2.45. The summed E-state index contributed by atoms with van der Waals surface area (Å²) in [6.45, 7) is 0. The first-order valence-electron chi connectivity index (χ1n) is 11.4. The van der Waals surface area contributed by atoms with Gasteiger partial charge in [-0.15, -0.1) is 0 Å². The summed E-state index contributed by atoms with van der Waals surface area (Å²) in [5.41, 5.74) is 13.8. The maximum absolute atomic E-state index is 2.45. The molecule has 4 aromatic carbocycles. The molecule has 2 atom stereocenters. The summed E-state index contributed by atoms with van der Waals surface area (Å²) in [5, 5.41) is 0. The lowest BCUT2D eigenvalue weighted by atomic mass is 9.71. The maximum Gasteiger partial charge on any atom is 0.0206 e. The minimum atomic E-state index is 0.386. The molecule has 0 radical (unpaired) electrons. The summed E-state index contributed by atoms with van der Waals surface area (Å²) in [4.78, 5) is 0. The first-order valence-corrected chi connectivity index (χ1v) is 11.4. The van der Waals surface area contributed by atoms with Gasteiger partial charge in [-0.25, -0.2) is 0 Å². The third-order valence-electron chi connectivity index (χ3n) is 7.24. The first-order chi connectivity index (χ1) is 15.9. The average molecular weight is 407 g/mol. The molecule has 0 N–H and O–H groups in total. The van der Waals surface area contributed by atoms with Gasteiger partial charge in [0.1, 0.15) is 0 Å². The van der Waals surface area contributed by atoms with Gasteiger partial charge in [0.05, 0.1) is 0 Å². The molecule has 32 heavy (non-hydrogen) atoms. The fourth-order valence-corrected chi connectivity index (χ4v) is 5.92. The molecular weight excluding hydrogens is 384 g/mol. The van der Waals surface area contributed by atoms with Gasteiger partial charge in [-0.1, -0.05) is 121 Å². The van der Waals surface area contributed by atoms with Crippen molar-refractivity contribution in [2.75, 3.05) is 0 Å². The van der Waals surface area contributed by atoms with Gasteiger partial charge in [0.15, 0.2) is 0 Å². The number of benzene rings is 4. The van der Waals surface area contributed by atoms with Gasteiger partial charge in [-0.05, 0) is 55.7 Å². The quantitative estimate of drug-likeness (QED) is 0.314. The molecule has 150 valence electrons. The standard InChI is InChI=1S/C32H22/c1-3-10-21(11-4-1)25-18-19-26(22-12-5-2-6-13-22)32-29-20-23-14-7-8-15-24(23)27-16-9-17-28(30(27)29)31(25)32/h1-20,27,30H. The minimum absolute atomic E-state index is 0.386. The van der Waals surface area contributed by atoms with Crippen molar-refractivity contribution >= 4 is 17.2 Å². The van der Waals surface area contributed by atoms with Crippen molar-refractivity contribution in [3.8, 4) is 22.3 Å². The smallest absolute Gasteiger partial charge is 0.0206 e. The van der Waals surface area contributed by atoms with Gasteiger partial charge in [-0.2, -0.15) is 0 Å². The van der Waals surface area contributed by atoms with Crippen molar-refractivity contribution in [2.24, 2.45) is 5.92 Å². The molecular formula is C32H22. The van der Waals surface area contributed by atoms with E-state index in [1.807, 2.05) is 0 Å². The zero-order chi connectivity index (χ0) is 21.1. The van der Waals surface area contributed by atoms with Gasteiger partial charge in [0, 0.05) is 11.8 Å². The highest BCUT2D eigenvalue weighted by Gasteiger charge is 2.43. The van der Waals surface area contributed by atoms with Crippen LogP contribution in [0, 0.1) is 5.92 Å². The van der Waals surface area contributed by atoms with E-state index >= 15 is 0 Å².